The fourth-order valence-electron chi connectivity index (χ4n) is 11.0. The lowest BCUT2D eigenvalue weighted by molar-refractivity contribution is -0.141. The minimum Gasteiger partial charge on any atom is -0.370 e. The Morgan fingerprint density at radius 3 is 2.35 bits per heavy atom. The summed E-state index contributed by atoms with van der Waals surface area (Å²) in [6, 6.07) is 14.3. The number of halogens is 2. The van der Waals surface area contributed by atoms with E-state index in [2.05, 4.69) is 27.8 Å². The molecule has 3 saturated heterocycles. The second-order valence-corrected chi connectivity index (χ2v) is 23.6. The average molecular weight is 1140 g/mol. The molecule has 4 aliphatic heterocycles. The van der Waals surface area contributed by atoms with Gasteiger partial charge in [-0.05, 0) is 104 Å². The monoisotopic (exact) mass is 1140 g/mol. The Morgan fingerprint density at radius 1 is 0.900 bits per heavy atom. The highest BCUT2D eigenvalue weighted by Crippen LogP contribution is 2.59. The summed E-state index contributed by atoms with van der Waals surface area (Å²) in [4.78, 5) is 144. The number of primary amides is 1. The van der Waals surface area contributed by atoms with E-state index in [-0.39, 0.29) is 91.9 Å². The van der Waals surface area contributed by atoms with Crippen molar-refractivity contribution >= 4 is 82.1 Å². The fourth-order valence-corrected chi connectivity index (χ4v) is 12.4. The van der Waals surface area contributed by atoms with Gasteiger partial charge in [0.1, 0.15) is 18.1 Å². The smallest absolute Gasteiger partial charge is 0.370 e. The summed E-state index contributed by atoms with van der Waals surface area (Å²) in [7, 11) is -5.86. The molecule has 0 bridgehead atoms. The third kappa shape index (κ3) is 13.5. The summed E-state index contributed by atoms with van der Waals surface area (Å²) in [6.45, 7) is 3.12. The van der Waals surface area contributed by atoms with Crippen molar-refractivity contribution in [2.45, 2.75) is 139 Å². The van der Waals surface area contributed by atoms with E-state index in [1.54, 1.807) is 47.4 Å². The molecular weight excluding hydrogens is 1080 g/mol. The summed E-state index contributed by atoms with van der Waals surface area (Å²) in [6.07, 6.45) is 4.36. The molecule has 1 unspecified atom stereocenters. The number of amides is 8. The van der Waals surface area contributed by atoms with E-state index in [1.165, 1.54) is 21.9 Å². The van der Waals surface area contributed by atoms with Crippen molar-refractivity contribution in [2.75, 3.05) is 19.6 Å². The number of imide groups is 1. The first-order chi connectivity index (χ1) is 38.1. The Labute approximate surface area is 464 Å². The number of ketones is 1. The van der Waals surface area contributed by atoms with E-state index < -0.39 is 84.2 Å². The Balaban J connectivity index is 0.886. The van der Waals surface area contributed by atoms with Crippen molar-refractivity contribution in [1.29, 1.82) is 0 Å². The molecule has 19 nitrogen and oxygen atoms in total. The van der Waals surface area contributed by atoms with Gasteiger partial charge in [-0.3, -0.25) is 53.0 Å². The van der Waals surface area contributed by atoms with Crippen LogP contribution >= 0.6 is 18.9 Å². The van der Waals surface area contributed by atoms with Gasteiger partial charge in [0.25, 0.3) is 11.8 Å². The van der Waals surface area contributed by atoms with Gasteiger partial charge in [-0.15, -0.1) is 11.3 Å². The number of thiophene rings is 1. The summed E-state index contributed by atoms with van der Waals surface area (Å²) in [5, 5.41) is 7.98. The molecule has 4 aliphatic rings. The molecule has 23 heteroatoms. The number of alkyl halides is 2. The Hall–Kier alpha value is -7.18. The standard InChI is InChI=1S/C57H64F2N7O12PS/c1-2-3-17-43(62-53(72)48-31-37-30-38(19-22-47(37)80-48)57(58,59)79(76,77)78)56(75)65-27-10-18-44(65)51(70)61-42(20-23-49(60)68)46(67)32-40(35-12-5-4-6-13-35)54(73)64-28-25-34(26-29-64)11-7-8-14-36-15-9-16-39-41(36)33-66(55(39)74)45-21-24-50(69)63-52(45)71/h4-6,9,12-13,15-16,19,22,30-31,34,40,42-45H,2-3,7,10-11,17-18,20-21,23-29,32-33H2,1H3,(H2,60,68)(H,61,70)(H,62,72)(H,63,69,71)(H2,76,77,78)/t40-,42-,43-,44-,45?/m0/s1. The van der Waals surface area contributed by atoms with Gasteiger partial charge in [-0.1, -0.05) is 74.1 Å². The number of hydrogen-bond donors (Lipinski definition) is 6. The zero-order chi connectivity index (χ0) is 57.5. The molecule has 5 atom stereocenters. The van der Waals surface area contributed by atoms with Gasteiger partial charge in [-0.25, -0.2) is 0 Å². The van der Waals surface area contributed by atoms with Crippen molar-refractivity contribution in [3.63, 3.8) is 0 Å². The third-order valence-electron chi connectivity index (χ3n) is 15.4. The zero-order valence-electron chi connectivity index (χ0n) is 44.1. The molecule has 7 N–H and O–H groups in total. The quantitative estimate of drug-likeness (QED) is 0.0331. The number of carbonyl (C=O) groups excluding carboxylic acids is 9. The normalized spacial score (nSPS) is 18.9. The molecule has 80 heavy (non-hydrogen) atoms. The Bertz CT molecular complexity index is 3190. The van der Waals surface area contributed by atoms with Crippen molar-refractivity contribution in [2.24, 2.45) is 11.7 Å². The number of rotatable bonds is 21. The number of nitrogens with one attached hydrogen (secondary N) is 3. The largest absolute Gasteiger partial charge is 0.399 e. The van der Waals surface area contributed by atoms with Crippen LogP contribution in [0, 0.1) is 17.8 Å². The average Bonchev–Trinajstić information content (AvgIpc) is 4.19. The molecular formula is C57H64F2N7O12PS. The molecule has 0 aliphatic carbocycles. The molecule has 3 fully saturated rings. The predicted molar refractivity (Wildman–Crippen MR) is 290 cm³/mol. The lowest BCUT2D eigenvalue weighted by atomic mass is 9.87. The maximum atomic E-state index is 14.5. The fraction of sp³-hybridized carbons (Fsp3) is 0.456. The number of nitrogens with two attached hydrogens (primary N) is 1. The number of piperidine rings is 2. The van der Waals surface area contributed by atoms with Gasteiger partial charge >= 0.3 is 13.3 Å². The second-order valence-electron chi connectivity index (χ2n) is 20.8. The van der Waals surface area contributed by atoms with E-state index in [9.17, 15) is 66.3 Å². The zero-order valence-corrected chi connectivity index (χ0v) is 45.8. The number of unbranched alkanes of at least 4 members (excludes halogenated alkanes) is 1. The molecule has 5 heterocycles. The van der Waals surface area contributed by atoms with Crippen LogP contribution in [0.5, 0.6) is 0 Å². The summed E-state index contributed by atoms with van der Waals surface area (Å²) in [5.41, 5.74) is 2.67. The van der Waals surface area contributed by atoms with Crippen LogP contribution in [0.1, 0.15) is 145 Å². The molecule has 424 valence electrons. The molecule has 3 aromatic carbocycles. The number of carbonyl (C=O) groups is 9. The van der Waals surface area contributed by atoms with Crippen molar-refractivity contribution < 1.29 is 66.3 Å². The van der Waals surface area contributed by atoms with E-state index in [1.807, 2.05) is 13.0 Å². The Morgan fingerprint density at radius 2 is 1.65 bits per heavy atom. The van der Waals surface area contributed by atoms with E-state index in [0.29, 0.717) is 73.0 Å². The van der Waals surface area contributed by atoms with Gasteiger partial charge in [0.15, 0.2) is 5.78 Å². The number of likely N-dealkylation sites (tertiary alicyclic amines) is 2. The molecule has 1 aromatic heterocycles. The number of benzene rings is 3. The van der Waals surface area contributed by atoms with E-state index >= 15 is 0 Å². The second kappa shape index (κ2) is 25.5. The number of fused-ring (bicyclic) bond motifs is 2. The molecule has 0 spiro atoms. The highest BCUT2D eigenvalue weighted by molar-refractivity contribution is 7.52. The number of Topliss-reactive ketones (excluding diaryl/α,β-unsaturated/α-hetero) is 1. The van der Waals surface area contributed by atoms with Crippen LogP contribution in [0.3, 0.4) is 0 Å². The molecule has 4 aromatic rings. The number of hydrogen-bond acceptors (Lipinski definition) is 11. The Kier molecular flexibility index (Phi) is 18.8. The van der Waals surface area contributed by atoms with Crippen molar-refractivity contribution in [3.05, 3.63) is 105 Å². The van der Waals surface area contributed by atoms with E-state index in [0.717, 1.165) is 35.5 Å². The van der Waals surface area contributed by atoms with Crippen LogP contribution in [0.2, 0.25) is 0 Å². The molecule has 8 amide bonds. The van der Waals surface area contributed by atoms with Gasteiger partial charge in [-0.2, -0.15) is 8.78 Å². The van der Waals surface area contributed by atoms with Crippen molar-refractivity contribution in [3.8, 4) is 11.8 Å². The van der Waals surface area contributed by atoms with E-state index in [4.69, 9.17) is 5.73 Å². The van der Waals surface area contributed by atoms with Crippen LogP contribution in [-0.4, -0.2) is 121 Å². The minimum atomic E-state index is -5.86. The SMILES string of the molecule is CCCC[C@H](NC(=O)c1cc2cc(C(F)(F)P(=O)(O)O)ccc2s1)C(=O)N1CCC[C@H]1C(=O)N[C@@H](CCC(N)=O)C(=O)C[C@H](C(=O)N1CCC(CCC#Cc2cccc3c2CN(C2CCC(=O)NC2=O)C3=O)CC1)c1ccccc1. The minimum absolute atomic E-state index is 0.0461. The molecule has 0 radical (unpaired) electrons. The maximum absolute atomic E-state index is 14.5. The first kappa shape index (κ1) is 59.0. The van der Waals surface area contributed by atoms with Crippen LogP contribution in [-0.2, 0) is 50.3 Å². The van der Waals surface area contributed by atoms with Crippen LogP contribution in [0.25, 0.3) is 10.1 Å². The molecule has 0 saturated carbocycles. The third-order valence-corrected chi connectivity index (χ3v) is 17.5. The first-order valence-corrected chi connectivity index (χ1v) is 29.4. The predicted octanol–water partition coefficient (Wildman–Crippen LogP) is 5.73. The van der Waals surface area contributed by atoms with Gasteiger partial charge in [0, 0.05) is 73.3 Å². The van der Waals surface area contributed by atoms with Crippen molar-refractivity contribution in [1.82, 2.24) is 30.7 Å². The summed E-state index contributed by atoms with van der Waals surface area (Å²) < 4.78 is 41.0. The van der Waals surface area contributed by atoms with Gasteiger partial charge in [0.05, 0.1) is 16.8 Å². The van der Waals surface area contributed by atoms with Gasteiger partial charge < -0.3 is 40.9 Å². The maximum Gasteiger partial charge on any atom is 0.399 e. The number of nitrogens with zero attached hydrogens (tertiary/aromatic N) is 3. The summed E-state index contributed by atoms with van der Waals surface area (Å²) >= 11 is 0.931. The van der Waals surface area contributed by atoms with Crippen LogP contribution in [0.15, 0.2) is 72.8 Å². The summed E-state index contributed by atoms with van der Waals surface area (Å²) in [5.74, 6) is 1.27. The lowest BCUT2D eigenvalue weighted by Gasteiger charge is -2.34. The molecule has 8 rings (SSSR count). The highest BCUT2D eigenvalue weighted by Gasteiger charge is 2.50. The van der Waals surface area contributed by atoms with Crippen LogP contribution in [0.4, 0.5) is 8.78 Å². The van der Waals surface area contributed by atoms with Crippen LogP contribution < -0.4 is 21.7 Å². The highest BCUT2D eigenvalue weighted by atomic mass is 32.1. The lowest BCUT2D eigenvalue weighted by Crippen LogP contribution is -2.55. The topological polar surface area (TPSA) is 283 Å². The first-order valence-electron chi connectivity index (χ1n) is 26.9. The van der Waals surface area contributed by atoms with Gasteiger partial charge in [0.2, 0.25) is 35.4 Å².